The van der Waals surface area contributed by atoms with Crippen molar-refractivity contribution in [2.45, 2.75) is 52.0 Å². The van der Waals surface area contributed by atoms with Gasteiger partial charge < -0.3 is 24.2 Å². The van der Waals surface area contributed by atoms with E-state index in [9.17, 15) is 9.90 Å². The maximum atomic E-state index is 13.4. The van der Waals surface area contributed by atoms with Crippen LogP contribution in [0.15, 0.2) is 133 Å². The highest BCUT2D eigenvalue weighted by Gasteiger charge is 2.22. The third kappa shape index (κ3) is 9.89. The first-order chi connectivity index (χ1) is 22.5. The van der Waals surface area contributed by atoms with Gasteiger partial charge in [-0.2, -0.15) is 0 Å². The summed E-state index contributed by atoms with van der Waals surface area (Å²) in [7, 11) is 0. The zero-order valence-electron chi connectivity index (χ0n) is 26.3. The molecule has 46 heavy (non-hydrogen) atoms. The standard InChI is InChI=1S/C40H41NO5/c1-31(17-18-32-19-22-37(23-20-32)44-28-34-11-5-2-6-12-34)41(40(43)46-30-36-15-9-4-10-16-36)26-25-33-21-24-38(42)39(27-33)45-29-35-13-7-3-8-14-35/h2-16,19-24,27,31,42H,17-18,25-26,28-30H2,1H3. The van der Waals surface area contributed by atoms with Crippen LogP contribution in [-0.4, -0.2) is 28.7 Å². The smallest absolute Gasteiger partial charge is 0.410 e. The van der Waals surface area contributed by atoms with Crippen molar-refractivity contribution >= 4 is 6.09 Å². The molecule has 5 aromatic carbocycles. The Kier molecular flexibility index (Phi) is 11.7. The molecule has 0 aromatic heterocycles. The third-order valence-electron chi connectivity index (χ3n) is 7.90. The predicted molar refractivity (Wildman–Crippen MR) is 181 cm³/mol. The van der Waals surface area contributed by atoms with Crippen molar-refractivity contribution in [3.8, 4) is 17.2 Å². The number of nitrogens with zero attached hydrogens (tertiary/aromatic N) is 1. The van der Waals surface area contributed by atoms with Gasteiger partial charge in [0.25, 0.3) is 0 Å². The molecule has 1 amide bonds. The molecule has 0 heterocycles. The van der Waals surface area contributed by atoms with E-state index in [0.29, 0.717) is 31.9 Å². The summed E-state index contributed by atoms with van der Waals surface area (Å²) in [6.45, 7) is 3.62. The van der Waals surface area contributed by atoms with Gasteiger partial charge in [-0.3, -0.25) is 0 Å². The highest BCUT2D eigenvalue weighted by Crippen LogP contribution is 2.28. The Labute approximate surface area is 271 Å². The van der Waals surface area contributed by atoms with E-state index in [1.165, 1.54) is 5.56 Å². The van der Waals surface area contributed by atoms with E-state index in [1.54, 1.807) is 11.0 Å². The van der Waals surface area contributed by atoms with Crippen LogP contribution in [0.3, 0.4) is 0 Å². The summed E-state index contributed by atoms with van der Waals surface area (Å²) < 4.78 is 17.6. The fraction of sp³-hybridized carbons (Fsp3) is 0.225. The highest BCUT2D eigenvalue weighted by molar-refractivity contribution is 5.68. The van der Waals surface area contributed by atoms with Gasteiger partial charge in [0.15, 0.2) is 11.5 Å². The summed E-state index contributed by atoms with van der Waals surface area (Å²) in [6.07, 6.45) is 1.81. The molecular formula is C40H41NO5. The summed E-state index contributed by atoms with van der Waals surface area (Å²) in [5.41, 5.74) is 5.22. The van der Waals surface area contributed by atoms with E-state index in [2.05, 4.69) is 19.1 Å². The normalized spacial score (nSPS) is 11.4. The van der Waals surface area contributed by atoms with Crippen LogP contribution in [0.5, 0.6) is 17.2 Å². The van der Waals surface area contributed by atoms with Crippen molar-refractivity contribution in [3.05, 3.63) is 161 Å². The Morgan fingerprint density at radius 2 is 1.17 bits per heavy atom. The molecular weight excluding hydrogens is 574 g/mol. The zero-order valence-corrected chi connectivity index (χ0v) is 26.3. The number of ether oxygens (including phenoxy) is 3. The Hall–Kier alpha value is -5.23. The molecule has 6 heteroatoms. The number of amides is 1. The van der Waals surface area contributed by atoms with Crippen LogP contribution in [0.4, 0.5) is 4.79 Å². The number of carbonyl (C=O) groups excluding carboxylic acids is 1. The monoisotopic (exact) mass is 615 g/mol. The highest BCUT2D eigenvalue weighted by atomic mass is 16.6. The summed E-state index contributed by atoms with van der Waals surface area (Å²) >= 11 is 0. The lowest BCUT2D eigenvalue weighted by Crippen LogP contribution is -2.40. The molecule has 0 aliphatic heterocycles. The van der Waals surface area contributed by atoms with Gasteiger partial charge in [0.05, 0.1) is 0 Å². The Bertz CT molecular complexity index is 1630. The van der Waals surface area contributed by atoms with E-state index in [0.717, 1.165) is 40.8 Å². The second kappa shape index (κ2) is 16.7. The van der Waals surface area contributed by atoms with Crippen LogP contribution in [0.1, 0.15) is 41.2 Å². The number of phenols is 1. The van der Waals surface area contributed by atoms with Gasteiger partial charge in [-0.25, -0.2) is 4.79 Å². The third-order valence-corrected chi connectivity index (χ3v) is 7.90. The number of aromatic hydroxyl groups is 1. The van der Waals surface area contributed by atoms with Crippen LogP contribution in [-0.2, 0) is 37.4 Å². The first kappa shape index (κ1) is 32.2. The molecule has 1 unspecified atom stereocenters. The molecule has 0 saturated carbocycles. The summed E-state index contributed by atoms with van der Waals surface area (Å²) in [4.78, 5) is 15.2. The van der Waals surface area contributed by atoms with Crippen LogP contribution in [0.2, 0.25) is 0 Å². The van der Waals surface area contributed by atoms with Crippen molar-refractivity contribution in [1.29, 1.82) is 0 Å². The molecule has 0 bridgehead atoms. The van der Waals surface area contributed by atoms with E-state index in [1.807, 2.05) is 115 Å². The minimum atomic E-state index is -0.347. The molecule has 5 rings (SSSR count). The molecule has 6 nitrogen and oxygen atoms in total. The van der Waals surface area contributed by atoms with Crippen LogP contribution >= 0.6 is 0 Å². The average molecular weight is 616 g/mol. The number of hydrogen-bond donors (Lipinski definition) is 1. The molecule has 5 aromatic rings. The lowest BCUT2D eigenvalue weighted by atomic mass is 10.0. The molecule has 1 N–H and O–H groups in total. The second-order valence-corrected chi connectivity index (χ2v) is 11.4. The number of rotatable bonds is 15. The zero-order chi connectivity index (χ0) is 32.0. The summed E-state index contributed by atoms with van der Waals surface area (Å²) in [6, 6.07) is 43.1. The quantitative estimate of drug-likeness (QED) is 0.128. The van der Waals surface area contributed by atoms with Gasteiger partial charge in [-0.15, -0.1) is 0 Å². The van der Waals surface area contributed by atoms with Gasteiger partial charge >= 0.3 is 6.09 Å². The number of aryl methyl sites for hydroxylation is 1. The predicted octanol–water partition coefficient (Wildman–Crippen LogP) is 8.75. The van der Waals surface area contributed by atoms with Gasteiger partial charge in [0.2, 0.25) is 0 Å². The number of phenolic OH excluding ortho intramolecular Hbond substituents is 1. The second-order valence-electron chi connectivity index (χ2n) is 11.4. The van der Waals surface area contributed by atoms with Crippen molar-refractivity contribution < 1.29 is 24.1 Å². The molecule has 0 aliphatic carbocycles. The van der Waals surface area contributed by atoms with Crippen molar-refractivity contribution in [2.75, 3.05) is 6.54 Å². The lowest BCUT2D eigenvalue weighted by molar-refractivity contribution is 0.0820. The average Bonchev–Trinajstić information content (AvgIpc) is 3.11. The Balaban J connectivity index is 1.19. The summed E-state index contributed by atoms with van der Waals surface area (Å²) in [5, 5.41) is 10.4. The van der Waals surface area contributed by atoms with Crippen molar-refractivity contribution in [2.24, 2.45) is 0 Å². The minimum Gasteiger partial charge on any atom is -0.504 e. The Morgan fingerprint density at radius 3 is 1.78 bits per heavy atom. The molecule has 0 spiro atoms. The SMILES string of the molecule is CC(CCc1ccc(OCc2ccccc2)cc1)N(CCc1ccc(O)c(OCc2ccccc2)c1)C(=O)OCc1ccccc1. The number of carbonyl (C=O) groups is 1. The largest absolute Gasteiger partial charge is 0.504 e. The molecule has 0 fully saturated rings. The van der Waals surface area contributed by atoms with E-state index >= 15 is 0 Å². The van der Waals surface area contributed by atoms with E-state index in [4.69, 9.17) is 14.2 Å². The fourth-order valence-electron chi connectivity index (χ4n) is 5.13. The Morgan fingerprint density at radius 1 is 0.630 bits per heavy atom. The number of hydrogen-bond acceptors (Lipinski definition) is 5. The van der Waals surface area contributed by atoms with Gasteiger partial charge in [0.1, 0.15) is 25.6 Å². The molecule has 0 saturated heterocycles. The van der Waals surface area contributed by atoms with Crippen molar-refractivity contribution in [3.63, 3.8) is 0 Å². The number of benzene rings is 5. The maximum absolute atomic E-state index is 13.4. The van der Waals surface area contributed by atoms with Gasteiger partial charge in [0, 0.05) is 12.6 Å². The van der Waals surface area contributed by atoms with Gasteiger partial charge in [-0.05, 0) is 78.3 Å². The van der Waals surface area contributed by atoms with E-state index < -0.39 is 0 Å². The topological polar surface area (TPSA) is 68.2 Å². The lowest BCUT2D eigenvalue weighted by Gasteiger charge is -2.29. The van der Waals surface area contributed by atoms with Crippen molar-refractivity contribution in [1.82, 2.24) is 4.90 Å². The molecule has 236 valence electrons. The van der Waals surface area contributed by atoms with Crippen LogP contribution in [0, 0.1) is 0 Å². The van der Waals surface area contributed by atoms with Crippen LogP contribution < -0.4 is 9.47 Å². The molecule has 0 radical (unpaired) electrons. The maximum Gasteiger partial charge on any atom is 0.410 e. The molecule has 0 aliphatic rings. The first-order valence-electron chi connectivity index (χ1n) is 15.7. The minimum absolute atomic E-state index is 0.0665. The summed E-state index contributed by atoms with van der Waals surface area (Å²) in [5.74, 6) is 1.33. The molecule has 1 atom stereocenters. The fourth-order valence-corrected chi connectivity index (χ4v) is 5.13. The first-order valence-corrected chi connectivity index (χ1v) is 15.7. The van der Waals surface area contributed by atoms with Gasteiger partial charge in [-0.1, -0.05) is 109 Å². The van der Waals surface area contributed by atoms with Crippen LogP contribution in [0.25, 0.3) is 0 Å². The van der Waals surface area contributed by atoms with E-state index in [-0.39, 0.29) is 24.5 Å².